The summed E-state index contributed by atoms with van der Waals surface area (Å²) in [5, 5.41) is 19.5. The summed E-state index contributed by atoms with van der Waals surface area (Å²) in [7, 11) is 1.55. The summed E-state index contributed by atoms with van der Waals surface area (Å²) in [4.78, 5) is 12.5. The number of hydrogen-bond acceptors (Lipinski definition) is 4. The third-order valence-electron chi connectivity index (χ3n) is 4.80. The first-order valence-electron chi connectivity index (χ1n) is 8.57. The van der Waals surface area contributed by atoms with Gasteiger partial charge in [0.2, 0.25) is 0 Å². The van der Waals surface area contributed by atoms with E-state index in [-0.39, 0.29) is 23.2 Å². The fourth-order valence-corrected chi connectivity index (χ4v) is 3.64. The Morgan fingerprint density at radius 3 is 2.46 bits per heavy atom. The van der Waals surface area contributed by atoms with Gasteiger partial charge in [0.1, 0.15) is 5.60 Å². The minimum Gasteiger partial charge on any atom is -0.379 e. The van der Waals surface area contributed by atoms with E-state index in [1.165, 1.54) is 21.6 Å². The van der Waals surface area contributed by atoms with E-state index in [1.54, 1.807) is 20.9 Å². The van der Waals surface area contributed by atoms with Crippen molar-refractivity contribution in [3.8, 4) is 0 Å². The lowest BCUT2D eigenvalue weighted by atomic mass is 9.86. The summed E-state index contributed by atoms with van der Waals surface area (Å²) >= 11 is 5.84. The molecule has 3 rings (SSSR count). The maximum atomic E-state index is 13.0. The number of nitrogens with zero attached hydrogens (tertiary/aromatic N) is 4. The zero-order valence-corrected chi connectivity index (χ0v) is 16.1. The van der Waals surface area contributed by atoms with Crippen LogP contribution < -0.4 is 5.56 Å². The van der Waals surface area contributed by atoms with Gasteiger partial charge in [0.15, 0.2) is 5.52 Å². The SMILES string of the molecule is CCn1ncc2c([C@](O)(CC)c3ccc(C(F)(F)F)c(Cl)c3)n(C)nc2c1=O. The molecule has 0 radical (unpaired) electrons. The van der Waals surface area contributed by atoms with Crippen molar-refractivity contribution in [1.82, 2.24) is 19.6 Å². The Balaban J connectivity index is 2.26. The van der Waals surface area contributed by atoms with Crippen molar-refractivity contribution in [3.63, 3.8) is 0 Å². The second kappa shape index (κ2) is 6.89. The average Bonchev–Trinajstić information content (AvgIpc) is 2.97. The van der Waals surface area contributed by atoms with Gasteiger partial charge in [0.25, 0.3) is 5.56 Å². The number of aryl methyl sites for hydroxylation is 2. The smallest absolute Gasteiger partial charge is 0.379 e. The van der Waals surface area contributed by atoms with E-state index in [9.17, 15) is 23.1 Å². The number of rotatable bonds is 4. The van der Waals surface area contributed by atoms with Gasteiger partial charge in [-0.1, -0.05) is 24.6 Å². The second-order valence-corrected chi connectivity index (χ2v) is 6.81. The highest BCUT2D eigenvalue weighted by Crippen LogP contribution is 2.40. The van der Waals surface area contributed by atoms with Crippen molar-refractivity contribution in [3.05, 3.63) is 56.6 Å². The molecule has 0 bridgehead atoms. The molecule has 6 nitrogen and oxygen atoms in total. The number of fused-ring (bicyclic) bond motifs is 1. The van der Waals surface area contributed by atoms with Gasteiger partial charge in [-0.15, -0.1) is 0 Å². The molecule has 2 heterocycles. The highest BCUT2D eigenvalue weighted by molar-refractivity contribution is 6.31. The molecule has 0 aliphatic rings. The van der Waals surface area contributed by atoms with Crippen LogP contribution in [-0.2, 0) is 25.4 Å². The van der Waals surface area contributed by atoms with Gasteiger partial charge in [-0.3, -0.25) is 9.48 Å². The highest BCUT2D eigenvalue weighted by atomic mass is 35.5. The minimum absolute atomic E-state index is 0.111. The van der Waals surface area contributed by atoms with E-state index < -0.39 is 27.9 Å². The summed E-state index contributed by atoms with van der Waals surface area (Å²) in [6, 6.07) is 3.10. The Hall–Kier alpha value is -2.39. The zero-order chi connectivity index (χ0) is 20.9. The number of aromatic nitrogens is 4. The molecule has 0 unspecified atom stereocenters. The molecule has 0 aliphatic heterocycles. The number of halogens is 4. The lowest BCUT2D eigenvalue weighted by molar-refractivity contribution is -0.137. The molecular formula is C18H18ClF3N4O2. The third kappa shape index (κ3) is 3.08. The summed E-state index contributed by atoms with van der Waals surface area (Å²) in [6.07, 6.45) is -3.07. The number of benzene rings is 1. The maximum Gasteiger partial charge on any atom is 0.417 e. The highest BCUT2D eigenvalue weighted by Gasteiger charge is 2.38. The molecule has 1 N–H and O–H groups in total. The molecule has 1 atom stereocenters. The first-order chi connectivity index (χ1) is 13.0. The summed E-state index contributed by atoms with van der Waals surface area (Å²) in [5.41, 5.74) is -2.57. The van der Waals surface area contributed by atoms with Crippen molar-refractivity contribution < 1.29 is 18.3 Å². The minimum atomic E-state index is -4.60. The van der Waals surface area contributed by atoms with Gasteiger partial charge in [-0.2, -0.15) is 23.4 Å². The van der Waals surface area contributed by atoms with E-state index in [2.05, 4.69) is 10.2 Å². The largest absolute Gasteiger partial charge is 0.417 e. The van der Waals surface area contributed by atoms with E-state index in [1.807, 2.05) is 0 Å². The zero-order valence-electron chi connectivity index (χ0n) is 15.4. The lowest BCUT2D eigenvalue weighted by Crippen LogP contribution is -2.30. The molecule has 0 saturated heterocycles. The molecule has 0 amide bonds. The van der Waals surface area contributed by atoms with Gasteiger partial charge in [-0.25, -0.2) is 4.68 Å². The van der Waals surface area contributed by atoms with Crippen molar-refractivity contribution in [2.45, 2.75) is 38.6 Å². The number of hydrogen-bond donors (Lipinski definition) is 1. The van der Waals surface area contributed by atoms with Crippen LogP contribution in [0, 0.1) is 0 Å². The summed E-state index contributed by atoms with van der Waals surface area (Å²) in [6.45, 7) is 3.79. The van der Waals surface area contributed by atoms with Crippen LogP contribution in [0.25, 0.3) is 10.9 Å². The first-order valence-corrected chi connectivity index (χ1v) is 8.95. The standard InChI is InChI=1S/C18H18ClF3N4O2/c1-4-17(28,10-6-7-12(13(19)8-10)18(20,21)22)15-11-9-23-26(5-2)16(27)14(11)24-25(15)3/h6-9,28H,4-5H2,1-3H3/t17-/m0/s1. The predicted molar refractivity (Wildman–Crippen MR) is 98.2 cm³/mol. The molecule has 150 valence electrons. The molecule has 10 heteroatoms. The van der Waals surface area contributed by atoms with Crippen molar-refractivity contribution >= 4 is 22.5 Å². The molecule has 2 aromatic heterocycles. The quantitative estimate of drug-likeness (QED) is 0.709. The van der Waals surface area contributed by atoms with Crippen LogP contribution in [0.15, 0.2) is 29.2 Å². The molecule has 0 saturated carbocycles. The predicted octanol–water partition coefficient (Wildman–Crippen LogP) is 3.47. The topological polar surface area (TPSA) is 72.9 Å². The van der Waals surface area contributed by atoms with Crippen LogP contribution in [0.4, 0.5) is 13.2 Å². The van der Waals surface area contributed by atoms with Crippen LogP contribution in [-0.4, -0.2) is 24.7 Å². The van der Waals surface area contributed by atoms with Crippen LogP contribution in [0.3, 0.4) is 0 Å². The number of aliphatic hydroxyl groups is 1. The normalized spacial score (nSPS) is 14.4. The summed E-state index contributed by atoms with van der Waals surface area (Å²) < 4.78 is 41.6. The first kappa shape index (κ1) is 20.3. The van der Waals surface area contributed by atoms with Crippen LogP contribution in [0.2, 0.25) is 5.02 Å². The molecule has 0 aliphatic carbocycles. The van der Waals surface area contributed by atoms with E-state index in [4.69, 9.17) is 11.6 Å². The van der Waals surface area contributed by atoms with Gasteiger partial charge >= 0.3 is 6.18 Å². The Bertz CT molecular complexity index is 1110. The molecule has 0 fully saturated rings. The Morgan fingerprint density at radius 2 is 1.93 bits per heavy atom. The van der Waals surface area contributed by atoms with Gasteiger partial charge in [0, 0.05) is 13.6 Å². The fraction of sp³-hybridized carbons (Fsp3) is 0.389. The molecule has 0 spiro atoms. The molecular weight excluding hydrogens is 397 g/mol. The van der Waals surface area contributed by atoms with E-state index in [0.717, 1.165) is 12.1 Å². The fourth-order valence-electron chi connectivity index (χ4n) is 3.35. The number of alkyl halides is 3. The molecule has 28 heavy (non-hydrogen) atoms. The Morgan fingerprint density at radius 1 is 1.25 bits per heavy atom. The molecule has 3 aromatic rings. The summed E-state index contributed by atoms with van der Waals surface area (Å²) in [5.74, 6) is 0. The molecule has 1 aromatic carbocycles. The lowest BCUT2D eigenvalue weighted by Gasteiger charge is -2.28. The van der Waals surface area contributed by atoms with Crippen molar-refractivity contribution in [2.75, 3.05) is 0 Å². The second-order valence-electron chi connectivity index (χ2n) is 6.41. The third-order valence-corrected chi connectivity index (χ3v) is 5.11. The van der Waals surface area contributed by atoms with Crippen molar-refractivity contribution in [2.24, 2.45) is 7.05 Å². The Kier molecular flexibility index (Phi) is 5.01. The van der Waals surface area contributed by atoms with Crippen LogP contribution >= 0.6 is 11.6 Å². The van der Waals surface area contributed by atoms with Crippen molar-refractivity contribution in [1.29, 1.82) is 0 Å². The monoisotopic (exact) mass is 414 g/mol. The van der Waals surface area contributed by atoms with Crippen LogP contribution in [0.1, 0.15) is 37.1 Å². The van der Waals surface area contributed by atoms with E-state index >= 15 is 0 Å². The maximum absolute atomic E-state index is 13.0. The van der Waals surface area contributed by atoms with Gasteiger partial charge < -0.3 is 5.11 Å². The van der Waals surface area contributed by atoms with Gasteiger partial charge in [-0.05, 0) is 31.0 Å². The van der Waals surface area contributed by atoms with E-state index in [0.29, 0.717) is 11.9 Å². The Labute approximate surface area is 163 Å². The van der Waals surface area contributed by atoms with Gasteiger partial charge in [0.05, 0.1) is 27.9 Å². The van der Waals surface area contributed by atoms with Crippen LogP contribution in [0.5, 0.6) is 0 Å². The average molecular weight is 415 g/mol.